The van der Waals surface area contributed by atoms with Crippen LogP contribution < -0.4 is 26.8 Å². The molecule has 1 saturated heterocycles. The van der Waals surface area contributed by atoms with Gasteiger partial charge in [0, 0.05) is 24.5 Å². The summed E-state index contributed by atoms with van der Waals surface area (Å²) in [7, 11) is 0. The Balaban J connectivity index is 1.26. The van der Waals surface area contributed by atoms with Gasteiger partial charge in [-0.2, -0.15) is 0 Å². The first-order valence-corrected chi connectivity index (χ1v) is 11.9. The fourth-order valence-electron chi connectivity index (χ4n) is 5.10. The molecule has 2 aliphatic carbocycles. The molecule has 3 unspecified atom stereocenters. The Bertz CT molecular complexity index is 734. The van der Waals surface area contributed by atoms with Gasteiger partial charge in [-0.1, -0.05) is 6.42 Å². The predicted molar refractivity (Wildman–Crippen MR) is 118 cm³/mol. The fourth-order valence-corrected chi connectivity index (χ4v) is 5.36. The Labute approximate surface area is 177 Å². The lowest BCUT2D eigenvalue weighted by molar-refractivity contribution is -0.0528. The molecule has 3 fully saturated rings. The zero-order valence-corrected chi connectivity index (χ0v) is 17.9. The number of rotatable bonds is 7. The van der Waals surface area contributed by atoms with Crippen LogP contribution in [0.5, 0.6) is 0 Å². The third-order valence-corrected chi connectivity index (χ3v) is 7.28. The minimum Gasteiger partial charge on any atom is -0.380 e. The van der Waals surface area contributed by atoms with Crippen molar-refractivity contribution in [1.29, 1.82) is 0 Å². The molecule has 1 aromatic rings. The van der Waals surface area contributed by atoms with E-state index in [2.05, 4.69) is 16.0 Å². The van der Waals surface area contributed by atoms with Crippen LogP contribution in [-0.2, 0) is 4.74 Å². The van der Waals surface area contributed by atoms with Gasteiger partial charge in [-0.15, -0.1) is 11.6 Å². The molecule has 0 aromatic heterocycles. The number of nitrogens with one attached hydrogen (secondary N) is 3. The van der Waals surface area contributed by atoms with Crippen LogP contribution in [-0.4, -0.2) is 43.3 Å². The van der Waals surface area contributed by atoms with Gasteiger partial charge in [0.05, 0.1) is 12.2 Å². The maximum atomic E-state index is 12.1. The standard InChI is InChI=1S/C22H34ClN3O3/c23-15-6-8-17(9-7-15)29-18-5-1-3-14(11-18)12-25-19-20(22(28)21(19)27)26-16-4-2-10-24-13-16/h14-18,24-26H,1-13H2. The van der Waals surface area contributed by atoms with Crippen LogP contribution in [0.25, 0.3) is 0 Å². The van der Waals surface area contributed by atoms with E-state index in [1.165, 1.54) is 0 Å². The average molecular weight is 424 g/mol. The van der Waals surface area contributed by atoms with Crippen LogP contribution in [0.2, 0.25) is 0 Å². The van der Waals surface area contributed by atoms with Crippen molar-refractivity contribution in [3.63, 3.8) is 0 Å². The lowest BCUT2D eigenvalue weighted by Gasteiger charge is -2.34. The monoisotopic (exact) mass is 423 g/mol. The number of alkyl halides is 1. The summed E-state index contributed by atoms with van der Waals surface area (Å²) < 4.78 is 6.38. The quantitative estimate of drug-likeness (QED) is 0.462. The summed E-state index contributed by atoms with van der Waals surface area (Å²) in [6.45, 7) is 2.59. The van der Waals surface area contributed by atoms with E-state index in [9.17, 15) is 9.59 Å². The van der Waals surface area contributed by atoms with E-state index >= 15 is 0 Å². The van der Waals surface area contributed by atoms with E-state index in [0.29, 0.717) is 34.9 Å². The summed E-state index contributed by atoms with van der Waals surface area (Å²) in [5.41, 5.74) is 0.227. The zero-order valence-electron chi connectivity index (χ0n) is 17.2. The van der Waals surface area contributed by atoms with Crippen molar-refractivity contribution in [3.8, 4) is 0 Å². The molecular weight excluding hydrogens is 390 g/mol. The molecule has 3 aliphatic rings. The minimum absolute atomic E-state index is 0.225. The number of piperidine rings is 1. The molecule has 6 nitrogen and oxygen atoms in total. The summed E-state index contributed by atoms with van der Waals surface area (Å²) in [5.74, 6) is 0.478. The molecule has 0 radical (unpaired) electrons. The third-order valence-electron chi connectivity index (χ3n) is 6.85. The van der Waals surface area contributed by atoms with Crippen LogP contribution in [0.1, 0.15) is 64.2 Å². The molecule has 0 spiro atoms. The zero-order chi connectivity index (χ0) is 20.2. The van der Waals surface area contributed by atoms with E-state index in [1.54, 1.807) is 0 Å². The molecule has 4 rings (SSSR count). The smallest absolute Gasteiger partial charge is 0.253 e. The fraction of sp³-hybridized carbons (Fsp3) is 0.818. The molecule has 3 atom stereocenters. The number of ether oxygens (including phenoxy) is 1. The van der Waals surface area contributed by atoms with Crippen LogP contribution in [0.15, 0.2) is 9.59 Å². The first-order valence-electron chi connectivity index (χ1n) is 11.4. The average Bonchev–Trinajstić information content (AvgIpc) is 2.75. The number of anilines is 2. The van der Waals surface area contributed by atoms with Crippen LogP contribution >= 0.6 is 11.6 Å². The van der Waals surface area contributed by atoms with E-state index in [4.69, 9.17) is 16.3 Å². The van der Waals surface area contributed by atoms with Crippen molar-refractivity contribution >= 4 is 23.0 Å². The number of hydrogen-bond acceptors (Lipinski definition) is 6. The molecule has 1 aliphatic heterocycles. The highest BCUT2D eigenvalue weighted by molar-refractivity contribution is 6.20. The Morgan fingerprint density at radius 3 is 2.48 bits per heavy atom. The summed E-state index contributed by atoms with van der Waals surface area (Å²) in [4.78, 5) is 24.1. The third kappa shape index (κ3) is 5.33. The van der Waals surface area contributed by atoms with Gasteiger partial charge in [-0.05, 0) is 70.3 Å². The van der Waals surface area contributed by atoms with Crippen molar-refractivity contribution in [2.24, 2.45) is 5.92 Å². The highest BCUT2D eigenvalue weighted by atomic mass is 35.5. The van der Waals surface area contributed by atoms with Crippen LogP contribution in [0.4, 0.5) is 11.4 Å². The molecule has 29 heavy (non-hydrogen) atoms. The van der Waals surface area contributed by atoms with Gasteiger partial charge >= 0.3 is 0 Å². The Morgan fingerprint density at radius 2 is 1.72 bits per heavy atom. The second-order valence-corrected chi connectivity index (χ2v) is 9.76. The highest BCUT2D eigenvalue weighted by Crippen LogP contribution is 2.32. The van der Waals surface area contributed by atoms with Crippen molar-refractivity contribution in [3.05, 3.63) is 20.4 Å². The molecule has 0 bridgehead atoms. The number of hydrogen-bond donors (Lipinski definition) is 3. The van der Waals surface area contributed by atoms with Gasteiger partial charge in [0.15, 0.2) is 0 Å². The van der Waals surface area contributed by atoms with E-state index in [1.807, 2.05) is 0 Å². The van der Waals surface area contributed by atoms with E-state index in [0.717, 1.165) is 83.8 Å². The summed E-state index contributed by atoms with van der Waals surface area (Å²) in [6, 6.07) is 0.225. The summed E-state index contributed by atoms with van der Waals surface area (Å²) in [5, 5.41) is 10.2. The molecular formula is C22H34ClN3O3. The van der Waals surface area contributed by atoms with Gasteiger partial charge < -0.3 is 20.7 Å². The maximum absolute atomic E-state index is 12.1. The lowest BCUT2D eigenvalue weighted by Crippen LogP contribution is -2.44. The lowest BCUT2D eigenvalue weighted by atomic mass is 9.86. The van der Waals surface area contributed by atoms with Gasteiger partial charge in [0.1, 0.15) is 11.4 Å². The Morgan fingerprint density at radius 1 is 0.931 bits per heavy atom. The molecule has 162 valence electrons. The van der Waals surface area contributed by atoms with E-state index < -0.39 is 0 Å². The van der Waals surface area contributed by atoms with Gasteiger partial charge in [0.2, 0.25) is 0 Å². The highest BCUT2D eigenvalue weighted by Gasteiger charge is 2.29. The van der Waals surface area contributed by atoms with Crippen LogP contribution in [0, 0.1) is 5.92 Å². The molecule has 1 heterocycles. The Hall–Kier alpha value is -1.11. The molecule has 1 aromatic carbocycles. The largest absolute Gasteiger partial charge is 0.380 e. The first kappa shape index (κ1) is 21.1. The molecule has 7 heteroatoms. The first-order chi connectivity index (χ1) is 14.1. The predicted octanol–water partition coefficient (Wildman–Crippen LogP) is 2.98. The SMILES string of the molecule is O=c1c(NCC2CCCC(OC3CCC(Cl)CC3)C2)c(NC2CCCNC2)c1=O. The normalized spacial score (nSPS) is 33.5. The van der Waals surface area contributed by atoms with Crippen molar-refractivity contribution in [1.82, 2.24) is 5.32 Å². The number of halogens is 1. The molecule has 3 N–H and O–H groups in total. The second kappa shape index (κ2) is 9.80. The molecule has 2 saturated carbocycles. The van der Waals surface area contributed by atoms with Crippen molar-refractivity contribution in [2.75, 3.05) is 30.3 Å². The van der Waals surface area contributed by atoms with Crippen molar-refractivity contribution in [2.45, 2.75) is 87.8 Å². The van der Waals surface area contributed by atoms with E-state index in [-0.39, 0.29) is 16.9 Å². The Kier molecular flexibility index (Phi) is 7.14. The van der Waals surface area contributed by atoms with Gasteiger partial charge in [0.25, 0.3) is 10.9 Å². The van der Waals surface area contributed by atoms with Gasteiger partial charge in [-0.25, -0.2) is 0 Å². The van der Waals surface area contributed by atoms with Crippen molar-refractivity contribution < 1.29 is 4.74 Å². The second-order valence-electron chi connectivity index (χ2n) is 9.14. The maximum Gasteiger partial charge on any atom is 0.253 e. The van der Waals surface area contributed by atoms with Crippen LogP contribution in [0.3, 0.4) is 0 Å². The summed E-state index contributed by atoms with van der Waals surface area (Å²) in [6.07, 6.45) is 11.5. The van der Waals surface area contributed by atoms with Gasteiger partial charge in [-0.3, -0.25) is 9.59 Å². The topological polar surface area (TPSA) is 79.5 Å². The summed E-state index contributed by atoms with van der Waals surface area (Å²) >= 11 is 6.21. The minimum atomic E-state index is -0.377. The molecule has 0 amide bonds.